The predicted octanol–water partition coefficient (Wildman–Crippen LogP) is 4.24. The Balaban J connectivity index is 1.29. The molecule has 0 fully saturated rings. The summed E-state index contributed by atoms with van der Waals surface area (Å²) in [6.45, 7) is 1.13. The van der Waals surface area contributed by atoms with Crippen LogP contribution >= 0.6 is 11.6 Å². The number of carbonyl (C=O) groups excluding carboxylic acids is 1. The Bertz CT molecular complexity index is 1490. The van der Waals surface area contributed by atoms with Gasteiger partial charge in [0.2, 0.25) is 5.91 Å². The van der Waals surface area contributed by atoms with E-state index in [1.807, 2.05) is 72.8 Å². The van der Waals surface area contributed by atoms with Crippen molar-refractivity contribution in [2.24, 2.45) is 0 Å². The Labute approximate surface area is 213 Å². The molecule has 0 spiro atoms. The van der Waals surface area contributed by atoms with Crippen molar-refractivity contribution in [3.63, 3.8) is 0 Å². The molecule has 7 nitrogen and oxygen atoms in total. The van der Waals surface area contributed by atoms with Crippen molar-refractivity contribution in [2.45, 2.75) is 19.0 Å². The van der Waals surface area contributed by atoms with Gasteiger partial charge in [-0.15, -0.1) is 0 Å². The molecule has 0 bridgehead atoms. The molecule has 3 aromatic carbocycles. The molecule has 5 aromatic rings. The predicted molar refractivity (Wildman–Crippen MR) is 140 cm³/mol. The van der Waals surface area contributed by atoms with Crippen molar-refractivity contribution < 1.29 is 4.79 Å². The van der Waals surface area contributed by atoms with E-state index in [2.05, 4.69) is 15.4 Å². The van der Waals surface area contributed by atoms with Crippen LogP contribution in [0.1, 0.15) is 22.6 Å². The molecule has 2 heterocycles. The van der Waals surface area contributed by atoms with Gasteiger partial charge >= 0.3 is 0 Å². The SMILES string of the molecule is O=C(NCCn1ncc2c(=O)n(Cc3ccc(Cl)cc3)cnc21)C(c1ccccc1)c1ccccc1. The Morgan fingerprint density at radius 3 is 2.19 bits per heavy atom. The number of halogens is 1. The molecule has 0 aliphatic rings. The van der Waals surface area contributed by atoms with E-state index in [0.29, 0.717) is 35.7 Å². The summed E-state index contributed by atoms with van der Waals surface area (Å²) in [4.78, 5) is 30.7. The van der Waals surface area contributed by atoms with E-state index >= 15 is 0 Å². The molecular weight excluding hydrogens is 474 g/mol. The Kier molecular flexibility index (Phi) is 6.91. The number of amides is 1. The maximum Gasteiger partial charge on any atom is 0.264 e. The quantitative estimate of drug-likeness (QED) is 0.347. The minimum atomic E-state index is -0.417. The molecule has 36 heavy (non-hydrogen) atoms. The normalized spacial score (nSPS) is 11.2. The van der Waals surface area contributed by atoms with E-state index in [0.717, 1.165) is 16.7 Å². The number of nitrogens with one attached hydrogen (secondary N) is 1. The standard InChI is InChI=1S/C28H24ClN5O2/c29-23-13-11-20(12-14-23)18-33-19-31-26-24(28(33)36)17-32-34(26)16-15-30-27(35)25(21-7-3-1-4-8-21)22-9-5-2-6-10-22/h1-14,17,19,25H,15-16,18H2,(H,30,35). The van der Waals surface area contributed by atoms with Crippen LogP contribution in [0, 0.1) is 0 Å². The number of fused-ring (bicyclic) bond motifs is 1. The summed E-state index contributed by atoms with van der Waals surface area (Å²) >= 11 is 5.95. The van der Waals surface area contributed by atoms with E-state index in [9.17, 15) is 9.59 Å². The molecule has 1 N–H and O–H groups in total. The molecular formula is C28H24ClN5O2. The molecule has 1 amide bonds. The van der Waals surface area contributed by atoms with Crippen LogP contribution in [0.3, 0.4) is 0 Å². The van der Waals surface area contributed by atoms with Gasteiger partial charge in [-0.05, 0) is 28.8 Å². The summed E-state index contributed by atoms with van der Waals surface area (Å²) in [6, 6.07) is 26.8. The number of aromatic nitrogens is 4. The molecule has 0 atom stereocenters. The Hall–Kier alpha value is -4.23. The lowest BCUT2D eigenvalue weighted by atomic mass is 9.90. The van der Waals surface area contributed by atoms with Crippen LogP contribution in [0.15, 0.2) is 102 Å². The highest BCUT2D eigenvalue weighted by atomic mass is 35.5. The molecule has 0 aliphatic heterocycles. The van der Waals surface area contributed by atoms with E-state index < -0.39 is 5.92 Å². The zero-order valence-corrected chi connectivity index (χ0v) is 20.2. The summed E-state index contributed by atoms with van der Waals surface area (Å²) in [5, 5.41) is 8.45. The maximum atomic E-state index is 13.2. The number of benzene rings is 3. The summed E-state index contributed by atoms with van der Waals surface area (Å²) in [5.74, 6) is -0.512. The van der Waals surface area contributed by atoms with Gasteiger partial charge in [0, 0.05) is 11.6 Å². The topological polar surface area (TPSA) is 81.8 Å². The van der Waals surface area contributed by atoms with Crippen molar-refractivity contribution in [3.8, 4) is 0 Å². The fourth-order valence-corrected chi connectivity index (χ4v) is 4.36. The number of nitrogens with zero attached hydrogens (tertiary/aromatic N) is 4. The van der Waals surface area contributed by atoms with Crippen LogP contribution in [0.4, 0.5) is 0 Å². The van der Waals surface area contributed by atoms with Crippen molar-refractivity contribution in [1.29, 1.82) is 0 Å². The van der Waals surface area contributed by atoms with Crippen molar-refractivity contribution in [2.75, 3.05) is 6.54 Å². The zero-order valence-electron chi connectivity index (χ0n) is 19.4. The Morgan fingerprint density at radius 1 is 0.917 bits per heavy atom. The largest absolute Gasteiger partial charge is 0.353 e. The average Bonchev–Trinajstić information content (AvgIpc) is 3.32. The van der Waals surface area contributed by atoms with E-state index in [1.165, 1.54) is 12.5 Å². The third-order valence-electron chi connectivity index (χ3n) is 6.04. The highest BCUT2D eigenvalue weighted by molar-refractivity contribution is 6.30. The maximum absolute atomic E-state index is 13.2. The molecule has 2 aromatic heterocycles. The molecule has 0 saturated heterocycles. The second-order valence-electron chi connectivity index (χ2n) is 8.45. The highest BCUT2D eigenvalue weighted by Crippen LogP contribution is 2.24. The first kappa shape index (κ1) is 23.5. The van der Waals surface area contributed by atoms with Crippen molar-refractivity contribution >= 4 is 28.5 Å². The molecule has 0 saturated carbocycles. The second-order valence-corrected chi connectivity index (χ2v) is 8.89. The van der Waals surface area contributed by atoms with Gasteiger partial charge in [-0.1, -0.05) is 84.4 Å². The minimum absolute atomic E-state index is 0.0952. The van der Waals surface area contributed by atoms with Gasteiger partial charge in [-0.3, -0.25) is 14.2 Å². The molecule has 5 rings (SSSR count). The first-order chi connectivity index (χ1) is 17.6. The van der Waals surface area contributed by atoms with Gasteiger partial charge in [0.25, 0.3) is 5.56 Å². The van der Waals surface area contributed by atoms with Gasteiger partial charge < -0.3 is 5.32 Å². The monoisotopic (exact) mass is 497 g/mol. The number of hydrogen-bond acceptors (Lipinski definition) is 4. The second kappa shape index (κ2) is 10.6. The van der Waals surface area contributed by atoms with Crippen LogP contribution in [0.25, 0.3) is 11.0 Å². The third kappa shape index (κ3) is 5.06. The summed E-state index contributed by atoms with van der Waals surface area (Å²) in [5.41, 5.74) is 3.12. The molecule has 8 heteroatoms. The lowest BCUT2D eigenvalue weighted by molar-refractivity contribution is -0.121. The smallest absolute Gasteiger partial charge is 0.264 e. The molecule has 180 valence electrons. The van der Waals surface area contributed by atoms with Gasteiger partial charge in [0.05, 0.1) is 25.2 Å². The van der Waals surface area contributed by atoms with Crippen LogP contribution in [0.2, 0.25) is 5.02 Å². The number of carbonyl (C=O) groups is 1. The fraction of sp³-hybridized carbons (Fsp3) is 0.143. The van der Waals surface area contributed by atoms with E-state index in [4.69, 9.17) is 11.6 Å². The summed E-state index contributed by atoms with van der Waals surface area (Å²) in [6.07, 6.45) is 3.05. The van der Waals surface area contributed by atoms with E-state index in [1.54, 1.807) is 21.4 Å². The summed E-state index contributed by atoms with van der Waals surface area (Å²) < 4.78 is 3.19. The number of rotatable bonds is 8. The third-order valence-corrected chi connectivity index (χ3v) is 6.29. The summed E-state index contributed by atoms with van der Waals surface area (Å²) in [7, 11) is 0. The fourth-order valence-electron chi connectivity index (χ4n) is 4.23. The van der Waals surface area contributed by atoms with Gasteiger partial charge in [-0.25, -0.2) is 9.67 Å². The van der Waals surface area contributed by atoms with Gasteiger partial charge in [0.15, 0.2) is 5.65 Å². The van der Waals surface area contributed by atoms with Crippen molar-refractivity contribution in [3.05, 3.63) is 130 Å². The van der Waals surface area contributed by atoms with Gasteiger partial charge in [0.1, 0.15) is 11.7 Å². The minimum Gasteiger partial charge on any atom is -0.353 e. The highest BCUT2D eigenvalue weighted by Gasteiger charge is 2.22. The van der Waals surface area contributed by atoms with Crippen molar-refractivity contribution in [1.82, 2.24) is 24.6 Å². The first-order valence-electron chi connectivity index (χ1n) is 11.6. The number of hydrogen-bond donors (Lipinski definition) is 1. The molecule has 0 aliphatic carbocycles. The van der Waals surface area contributed by atoms with Crippen LogP contribution < -0.4 is 10.9 Å². The first-order valence-corrected chi connectivity index (χ1v) is 12.0. The van der Waals surface area contributed by atoms with Crippen LogP contribution in [-0.4, -0.2) is 31.8 Å². The molecule has 0 radical (unpaired) electrons. The lowest BCUT2D eigenvalue weighted by Crippen LogP contribution is -2.32. The Morgan fingerprint density at radius 2 is 1.56 bits per heavy atom. The van der Waals surface area contributed by atoms with E-state index in [-0.39, 0.29) is 11.5 Å². The lowest BCUT2D eigenvalue weighted by Gasteiger charge is -2.18. The van der Waals surface area contributed by atoms with Crippen LogP contribution in [-0.2, 0) is 17.9 Å². The molecule has 0 unspecified atom stereocenters. The zero-order chi connectivity index (χ0) is 24.9. The van der Waals surface area contributed by atoms with Crippen LogP contribution in [0.5, 0.6) is 0 Å². The van der Waals surface area contributed by atoms with Gasteiger partial charge in [-0.2, -0.15) is 5.10 Å². The average molecular weight is 498 g/mol.